The van der Waals surface area contributed by atoms with Crippen LogP contribution >= 0.6 is 0 Å². The standard InChI is InChI=1S/C20H20N4O/c1-14-15(2)24(12-16-7-4-3-5-8-16)20-18(14)19(22-13-23-20)21-11-17-9-6-10-25-17/h3-10,13H,11-12H2,1-2H3,(H,21,22,23). The Morgan fingerprint density at radius 2 is 1.88 bits per heavy atom. The van der Waals surface area contributed by atoms with Gasteiger partial charge in [-0.05, 0) is 37.1 Å². The lowest BCUT2D eigenvalue weighted by Gasteiger charge is -2.08. The number of aromatic nitrogens is 3. The average molecular weight is 332 g/mol. The molecule has 0 saturated carbocycles. The molecule has 0 radical (unpaired) electrons. The first kappa shape index (κ1) is 15.4. The van der Waals surface area contributed by atoms with Crippen molar-refractivity contribution in [3.05, 3.63) is 77.6 Å². The summed E-state index contributed by atoms with van der Waals surface area (Å²) in [6.07, 6.45) is 3.30. The molecule has 0 aliphatic carbocycles. The van der Waals surface area contributed by atoms with Crippen molar-refractivity contribution < 1.29 is 4.42 Å². The van der Waals surface area contributed by atoms with Crippen LogP contribution in [0.4, 0.5) is 5.82 Å². The number of anilines is 1. The van der Waals surface area contributed by atoms with Gasteiger partial charge in [-0.15, -0.1) is 0 Å². The van der Waals surface area contributed by atoms with Crippen molar-refractivity contribution in [3.63, 3.8) is 0 Å². The second-order valence-corrected chi connectivity index (χ2v) is 6.14. The van der Waals surface area contributed by atoms with Gasteiger partial charge in [0.2, 0.25) is 0 Å². The zero-order chi connectivity index (χ0) is 17.2. The molecular weight excluding hydrogens is 312 g/mol. The van der Waals surface area contributed by atoms with Gasteiger partial charge in [0.1, 0.15) is 23.6 Å². The Morgan fingerprint density at radius 1 is 1.04 bits per heavy atom. The van der Waals surface area contributed by atoms with Crippen molar-refractivity contribution >= 4 is 16.9 Å². The second kappa shape index (κ2) is 6.43. The molecule has 4 rings (SSSR count). The summed E-state index contributed by atoms with van der Waals surface area (Å²) < 4.78 is 7.64. The predicted octanol–water partition coefficient (Wildman–Crippen LogP) is 4.30. The van der Waals surface area contributed by atoms with Gasteiger partial charge in [-0.25, -0.2) is 9.97 Å². The van der Waals surface area contributed by atoms with Crippen LogP contribution in [0.15, 0.2) is 59.5 Å². The molecule has 0 spiro atoms. The van der Waals surface area contributed by atoms with Gasteiger partial charge in [0.05, 0.1) is 18.2 Å². The molecule has 3 aromatic heterocycles. The van der Waals surface area contributed by atoms with E-state index >= 15 is 0 Å². The highest BCUT2D eigenvalue weighted by Gasteiger charge is 2.16. The van der Waals surface area contributed by atoms with E-state index in [0.717, 1.165) is 29.2 Å². The second-order valence-electron chi connectivity index (χ2n) is 6.14. The molecule has 0 amide bonds. The Kier molecular flexibility index (Phi) is 3.98. The normalized spacial score (nSPS) is 11.1. The van der Waals surface area contributed by atoms with Gasteiger partial charge in [-0.2, -0.15) is 0 Å². The third-order valence-electron chi connectivity index (χ3n) is 4.60. The van der Waals surface area contributed by atoms with Gasteiger partial charge in [0.15, 0.2) is 0 Å². The number of nitrogens with one attached hydrogen (secondary N) is 1. The molecule has 0 atom stereocenters. The zero-order valence-corrected chi connectivity index (χ0v) is 14.4. The molecule has 25 heavy (non-hydrogen) atoms. The van der Waals surface area contributed by atoms with Crippen molar-refractivity contribution in [2.75, 3.05) is 5.32 Å². The number of hydrogen-bond donors (Lipinski definition) is 1. The minimum absolute atomic E-state index is 0.599. The summed E-state index contributed by atoms with van der Waals surface area (Å²) in [5.41, 5.74) is 4.62. The van der Waals surface area contributed by atoms with Crippen molar-refractivity contribution in [2.24, 2.45) is 0 Å². The third-order valence-corrected chi connectivity index (χ3v) is 4.60. The summed E-state index contributed by atoms with van der Waals surface area (Å²) in [6.45, 7) is 5.66. The number of aryl methyl sites for hydroxylation is 1. The Balaban J connectivity index is 1.73. The molecule has 5 nitrogen and oxygen atoms in total. The highest BCUT2D eigenvalue weighted by atomic mass is 16.3. The fourth-order valence-electron chi connectivity index (χ4n) is 3.15. The summed E-state index contributed by atoms with van der Waals surface area (Å²) in [5, 5.41) is 4.45. The first-order valence-corrected chi connectivity index (χ1v) is 8.34. The van der Waals surface area contributed by atoms with Crippen LogP contribution < -0.4 is 5.32 Å². The maximum Gasteiger partial charge on any atom is 0.146 e. The number of rotatable bonds is 5. The Morgan fingerprint density at radius 3 is 2.64 bits per heavy atom. The van der Waals surface area contributed by atoms with Gasteiger partial charge in [-0.1, -0.05) is 30.3 Å². The molecule has 0 unspecified atom stereocenters. The molecule has 0 fully saturated rings. The molecular formula is C20H20N4O. The number of hydrogen-bond acceptors (Lipinski definition) is 4. The molecule has 4 aromatic rings. The predicted molar refractivity (Wildman–Crippen MR) is 98.6 cm³/mol. The monoisotopic (exact) mass is 332 g/mol. The topological polar surface area (TPSA) is 55.9 Å². The highest BCUT2D eigenvalue weighted by molar-refractivity contribution is 5.91. The molecule has 1 N–H and O–H groups in total. The van der Waals surface area contributed by atoms with Crippen LogP contribution in [-0.2, 0) is 13.1 Å². The van der Waals surface area contributed by atoms with E-state index in [4.69, 9.17) is 4.42 Å². The van der Waals surface area contributed by atoms with E-state index < -0.39 is 0 Å². The van der Waals surface area contributed by atoms with Crippen molar-refractivity contribution in [2.45, 2.75) is 26.9 Å². The average Bonchev–Trinajstić information content (AvgIpc) is 3.24. The van der Waals surface area contributed by atoms with Crippen molar-refractivity contribution in [3.8, 4) is 0 Å². The molecule has 5 heteroatoms. The molecule has 0 bridgehead atoms. The summed E-state index contributed by atoms with van der Waals surface area (Å²) in [7, 11) is 0. The lowest BCUT2D eigenvalue weighted by atomic mass is 10.2. The first-order chi connectivity index (χ1) is 12.2. The number of nitrogens with zero attached hydrogens (tertiary/aromatic N) is 3. The van der Waals surface area contributed by atoms with Crippen LogP contribution in [0, 0.1) is 13.8 Å². The van der Waals surface area contributed by atoms with E-state index in [9.17, 15) is 0 Å². The highest BCUT2D eigenvalue weighted by Crippen LogP contribution is 2.29. The van der Waals surface area contributed by atoms with Crippen LogP contribution in [0.3, 0.4) is 0 Å². The quantitative estimate of drug-likeness (QED) is 0.592. The fraction of sp³-hybridized carbons (Fsp3) is 0.200. The lowest BCUT2D eigenvalue weighted by molar-refractivity contribution is 0.518. The minimum Gasteiger partial charge on any atom is -0.467 e. The van der Waals surface area contributed by atoms with E-state index in [-0.39, 0.29) is 0 Å². The Bertz CT molecular complexity index is 988. The van der Waals surface area contributed by atoms with E-state index in [1.165, 1.54) is 16.8 Å². The molecule has 3 heterocycles. The van der Waals surface area contributed by atoms with E-state index in [1.807, 2.05) is 18.2 Å². The Labute approximate surface area is 146 Å². The number of fused-ring (bicyclic) bond motifs is 1. The first-order valence-electron chi connectivity index (χ1n) is 8.34. The smallest absolute Gasteiger partial charge is 0.146 e. The molecule has 0 aliphatic rings. The van der Waals surface area contributed by atoms with Gasteiger partial charge < -0.3 is 14.3 Å². The van der Waals surface area contributed by atoms with Crippen LogP contribution in [0.1, 0.15) is 22.6 Å². The molecule has 126 valence electrons. The van der Waals surface area contributed by atoms with Crippen molar-refractivity contribution in [1.29, 1.82) is 0 Å². The molecule has 0 aliphatic heterocycles. The van der Waals surface area contributed by atoms with Crippen LogP contribution in [0.2, 0.25) is 0 Å². The van der Waals surface area contributed by atoms with Crippen molar-refractivity contribution in [1.82, 2.24) is 14.5 Å². The third kappa shape index (κ3) is 2.89. The number of furan rings is 1. The summed E-state index contributed by atoms with van der Waals surface area (Å²) in [6, 6.07) is 14.3. The van der Waals surface area contributed by atoms with Crippen LogP contribution in [-0.4, -0.2) is 14.5 Å². The zero-order valence-electron chi connectivity index (χ0n) is 14.4. The van der Waals surface area contributed by atoms with E-state index in [1.54, 1.807) is 12.6 Å². The van der Waals surface area contributed by atoms with Gasteiger partial charge in [-0.3, -0.25) is 0 Å². The maximum atomic E-state index is 5.39. The summed E-state index contributed by atoms with van der Waals surface area (Å²) >= 11 is 0. The fourth-order valence-corrected chi connectivity index (χ4v) is 3.15. The lowest BCUT2D eigenvalue weighted by Crippen LogP contribution is -2.04. The molecule has 1 aromatic carbocycles. The van der Waals surface area contributed by atoms with Crippen LogP contribution in [0.5, 0.6) is 0 Å². The van der Waals surface area contributed by atoms with Crippen LogP contribution in [0.25, 0.3) is 11.0 Å². The van der Waals surface area contributed by atoms with E-state index in [2.05, 4.69) is 58.0 Å². The number of benzene rings is 1. The van der Waals surface area contributed by atoms with E-state index in [0.29, 0.717) is 6.54 Å². The van der Waals surface area contributed by atoms with Gasteiger partial charge >= 0.3 is 0 Å². The minimum atomic E-state index is 0.599. The largest absolute Gasteiger partial charge is 0.467 e. The summed E-state index contributed by atoms with van der Waals surface area (Å²) in [5.74, 6) is 1.72. The van der Waals surface area contributed by atoms with Gasteiger partial charge in [0.25, 0.3) is 0 Å². The Hall–Kier alpha value is -3.08. The maximum absolute atomic E-state index is 5.39. The summed E-state index contributed by atoms with van der Waals surface area (Å²) in [4.78, 5) is 9.00. The SMILES string of the molecule is Cc1c(C)n(Cc2ccccc2)c2ncnc(NCc3ccco3)c12. The van der Waals surface area contributed by atoms with Gasteiger partial charge in [0, 0.05) is 12.2 Å². The molecule has 0 saturated heterocycles.